The molecule has 0 fully saturated rings. The minimum Gasteiger partial charge on any atom is -0.341 e. The van der Waals surface area contributed by atoms with Crippen molar-refractivity contribution in [1.29, 1.82) is 0 Å². The molecule has 2 nitrogen and oxygen atoms in total. The van der Waals surface area contributed by atoms with Gasteiger partial charge in [0.15, 0.2) is 0 Å². The standard InChI is InChI=1S/C8H6Cl2N2/c1-4-11-7-2-5(9)6(10)3-8(7)12-4/h2-3,11-12H,1H2. The molecule has 0 spiro atoms. The van der Waals surface area contributed by atoms with Crippen LogP contribution < -0.4 is 10.6 Å². The molecule has 0 atom stereocenters. The first-order chi connectivity index (χ1) is 5.66. The van der Waals surface area contributed by atoms with Gasteiger partial charge < -0.3 is 10.6 Å². The van der Waals surface area contributed by atoms with Crippen LogP contribution in [0.15, 0.2) is 24.5 Å². The van der Waals surface area contributed by atoms with Gasteiger partial charge in [0.1, 0.15) is 5.82 Å². The quantitative estimate of drug-likeness (QED) is 0.672. The van der Waals surface area contributed by atoms with Crippen LogP contribution in [0.5, 0.6) is 0 Å². The Balaban J connectivity index is 2.55. The van der Waals surface area contributed by atoms with Crippen LogP contribution in [0.2, 0.25) is 10.0 Å². The van der Waals surface area contributed by atoms with E-state index in [1.54, 1.807) is 12.1 Å². The summed E-state index contributed by atoms with van der Waals surface area (Å²) in [7, 11) is 0. The molecular weight excluding hydrogens is 195 g/mol. The molecule has 0 radical (unpaired) electrons. The van der Waals surface area contributed by atoms with Crippen LogP contribution in [0, 0.1) is 0 Å². The van der Waals surface area contributed by atoms with Gasteiger partial charge in [-0.2, -0.15) is 0 Å². The summed E-state index contributed by atoms with van der Waals surface area (Å²) in [5.74, 6) is 0.739. The number of hydrogen-bond donors (Lipinski definition) is 2. The van der Waals surface area contributed by atoms with Crippen molar-refractivity contribution in [3.8, 4) is 0 Å². The Morgan fingerprint density at radius 2 is 1.42 bits per heavy atom. The smallest absolute Gasteiger partial charge is 0.100 e. The van der Waals surface area contributed by atoms with E-state index in [0.717, 1.165) is 17.2 Å². The highest BCUT2D eigenvalue weighted by atomic mass is 35.5. The van der Waals surface area contributed by atoms with Gasteiger partial charge in [0.25, 0.3) is 0 Å². The van der Waals surface area contributed by atoms with Crippen LogP contribution in [-0.4, -0.2) is 0 Å². The summed E-state index contributed by atoms with van der Waals surface area (Å²) in [5, 5.41) is 7.12. The average molecular weight is 201 g/mol. The fourth-order valence-electron chi connectivity index (χ4n) is 1.11. The fraction of sp³-hybridized carbons (Fsp3) is 0. The first-order valence-electron chi connectivity index (χ1n) is 3.39. The second-order valence-electron chi connectivity index (χ2n) is 2.54. The van der Waals surface area contributed by atoms with E-state index in [4.69, 9.17) is 23.2 Å². The van der Waals surface area contributed by atoms with Gasteiger partial charge in [-0.25, -0.2) is 0 Å². The first-order valence-corrected chi connectivity index (χ1v) is 4.14. The predicted octanol–water partition coefficient (Wildman–Crippen LogP) is 3.30. The van der Waals surface area contributed by atoms with Gasteiger partial charge in [-0.15, -0.1) is 0 Å². The first kappa shape index (κ1) is 7.77. The summed E-state index contributed by atoms with van der Waals surface area (Å²) in [6.07, 6.45) is 0. The minimum atomic E-state index is 0.541. The van der Waals surface area contributed by atoms with E-state index in [9.17, 15) is 0 Å². The average Bonchev–Trinajstić information content (AvgIpc) is 2.30. The Morgan fingerprint density at radius 3 is 1.83 bits per heavy atom. The summed E-state index contributed by atoms with van der Waals surface area (Å²) in [4.78, 5) is 0. The summed E-state index contributed by atoms with van der Waals surface area (Å²) < 4.78 is 0. The van der Waals surface area contributed by atoms with E-state index in [1.165, 1.54) is 0 Å². The molecule has 0 aromatic heterocycles. The van der Waals surface area contributed by atoms with Crippen LogP contribution in [-0.2, 0) is 0 Å². The number of nitrogens with one attached hydrogen (secondary N) is 2. The van der Waals surface area contributed by atoms with Gasteiger partial charge in [-0.3, -0.25) is 0 Å². The predicted molar refractivity (Wildman–Crippen MR) is 52.8 cm³/mol. The monoisotopic (exact) mass is 200 g/mol. The SMILES string of the molecule is C=C1Nc2cc(Cl)c(Cl)cc2N1. The van der Waals surface area contributed by atoms with Crippen molar-refractivity contribution < 1.29 is 0 Å². The van der Waals surface area contributed by atoms with Crippen LogP contribution >= 0.6 is 23.2 Å². The number of halogens is 2. The second-order valence-corrected chi connectivity index (χ2v) is 3.35. The summed E-state index contributed by atoms with van der Waals surface area (Å²) in [5.41, 5.74) is 1.82. The Morgan fingerprint density at radius 1 is 1.00 bits per heavy atom. The molecule has 0 saturated carbocycles. The molecule has 0 aliphatic carbocycles. The van der Waals surface area contributed by atoms with Crippen molar-refractivity contribution in [2.24, 2.45) is 0 Å². The molecule has 2 rings (SSSR count). The molecule has 1 aromatic carbocycles. The summed E-state index contributed by atoms with van der Waals surface area (Å²) in [6.45, 7) is 3.72. The highest BCUT2D eigenvalue weighted by molar-refractivity contribution is 6.42. The Kier molecular flexibility index (Phi) is 1.67. The van der Waals surface area contributed by atoms with Gasteiger partial charge in [0, 0.05) is 0 Å². The molecule has 12 heavy (non-hydrogen) atoms. The third kappa shape index (κ3) is 1.13. The van der Waals surface area contributed by atoms with Crippen molar-refractivity contribution >= 4 is 34.6 Å². The molecule has 0 saturated heterocycles. The highest BCUT2D eigenvalue weighted by Crippen LogP contribution is 2.36. The normalized spacial score (nSPS) is 13.7. The van der Waals surface area contributed by atoms with Gasteiger partial charge in [-0.05, 0) is 12.1 Å². The van der Waals surface area contributed by atoms with Crippen molar-refractivity contribution in [3.63, 3.8) is 0 Å². The highest BCUT2D eigenvalue weighted by Gasteiger charge is 2.14. The van der Waals surface area contributed by atoms with E-state index >= 15 is 0 Å². The maximum absolute atomic E-state index is 5.81. The van der Waals surface area contributed by atoms with Crippen LogP contribution in [0.25, 0.3) is 0 Å². The number of hydrogen-bond acceptors (Lipinski definition) is 2. The zero-order valence-corrected chi connectivity index (χ0v) is 7.63. The molecule has 0 bridgehead atoms. The molecule has 1 aliphatic rings. The fourth-order valence-corrected chi connectivity index (χ4v) is 1.44. The molecule has 1 aliphatic heterocycles. The summed E-state index contributed by atoms with van der Waals surface area (Å²) in [6, 6.07) is 3.54. The third-order valence-electron chi connectivity index (χ3n) is 1.63. The maximum Gasteiger partial charge on any atom is 0.100 e. The zero-order valence-electron chi connectivity index (χ0n) is 6.12. The third-order valence-corrected chi connectivity index (χ3v) is 2.35. The topological polar surface area (TPSA) is 24.1 Å². The van der Waals surface area contributed by atoms with E-state index in [0.29, 0.717) is 10.0 Å². The van der Waals surface area contributed by atoms with Gasteiger partial charge in [-0.1, -0.05) is 29.8 Å². The lowest BCUT2D eigenvalue weighted by atomic mass is 10.3. The van der Waals surface area contributed by atoms with Gasteiger partial charge >= 0.3 is 0 Å². The van der Waals surface area contributed by atoms with Crippen LogP contribution in [0.4, 0.5) is 11.4 Å². The van der Waals surface area contributed by atoms with Crippen molar-refractivity contribution in [2.45, 2.75) is 0 Å². The van der Waals surface area contributed by atoms with Crippen molar-refractivity contribution in [3.05, 3.63) is 34.6 Å². The van der Waals surface area contributed by atoms with E-state index < -0.39 is 0 Å². The molecule has 0 amide bonds. The summed E-state index contributed by atoms with van der Waals surface area (Å²) >= 11 is 11.6. The molecule has 62 valence electrons. The number of anilines is 2. The second kappa shape index (κ2) is 2.57. The number of benzene rings is 1. The van der Waals surface area contributed by atoms with Crippen LogP contribution in [0.1, 0.15) is 0 Å². The Bertz CT molecular complexity index is 327. The molecule has 0 unspecified atom stereocenters. The molecule has 2 N–H and O–H groups in total. The Labute approximate surface area is 80.2 Å². The molecule has 1 heterocycles. The zero-order chi connectivity index (χ0) is 8.72. The maximum atomic E-state index is 5.81. The van der Waals surface area contributed by atoms with Gasteiger partial charge in [0.2, 0.25) is 0 Å². The van der Waals surface area contributed by atoms with Crippen molar-refractivity contribution in [2.75, 3.05) is 10.6 Å². The lowest BCUT2D eigenvalue weighted by Gasteiger charge is -1.99. The Hall–Kier alpha value is -0.860. The lowest BCUT2D eigenvalue weighted by molar-refractivity contribution is 1.52. The van der Waals surface area contributed by atoms with Crippen LogP contribution in [0.3, 0.4) is 0 Å². The largest absolute Gasteiger partial charge is 0.341 e. The lowest BCUT2D eigenvalue weighted by Crippen LogP contribution is -1.94. The molecular formula is C8H6Cl2N2. The minimum absolute atomic E-state index is 0.541. The van der Waals surface area contributed by atoms with Gasteiger partial charge in [0.05, 0.1) is 21.4 Å². The number of fused-ring (bicyclic) bond motifs is 1. The molecule has 1 aromatic rings. The van der Waals surface area contributed by atoms with E-state index in [2.05, 4.69) is 17.2 Å². The molecule has 4 heteroatoms. The number of rotatable bonds is 0. The van der Waals surface area contributed by atoms with E-state index in [1.807, 2.05) is 0 Å². The van der Waals surface area contributed by atoms with E-state index in [-0.39, 0.29) is 0 Å². The van der Waals surface area contributed by atoms with Crippen molar-refractivity contribution in [1.82, 2.24) is 0 Å².